The molecule has 5 heterocycles. The van der Waals surface area contributed by atoms with Crippen LogP contribution < -0.4 is 11.2 Å². The van der Waals surface area contributed by atoms with Gasteiger partial charge in [-0.3, -0.25) is 14.3 Å². The number of nitrogens with zero attached hydrogens (tertiary/aromatic N) is 6. The van der Waals surface area contributed by atoms with Gasteiger partial charge < -0.3 is 14.2 Å². The molecule has 53 heavy (non-hydrogen) atoms. The maximum absolute atomic E-state index is 14.6. The summed E-state index contributed by atoms with van der Waals surface area (Å²) in [6, 6.07) is 16.6. The summed E-state index contributed by atoms with van der Waals surface area (Å²) < 4.78 is 38.6. The maximum Gasteiger partial charge on any atom is 0.337 e. The highest BCUT2D eigenvalue weighted by Crippen LogP contribution is 2.34. The highest BCUT2D eigenvalue weighted by Gasteiger charge is 2.28. The summed E-state index contributed by atoms with van der Waals surface area (Å²) in [4.78, 5) is 39.6. The fourth-order valence-electron chi connectivity index (χ4n) is 8.38. The lowest BCUT2D eigenvalue weighted by molar-refractivity contribution is -0.0704. The molecule has 2 atom stereocenters. The van der Waals surface area contributed by atoms with Crippen molar-refractivity contribution >= 4 is 16.7 Å². The van der Waals surface area contributed by atoms with Crippen LogP contribution in [0.1, 0.15) is 63.3 Å². The number of morpholine rings is 1. The fourth-order valence-corrected chi connectivity index (χ4v) is 8.38. The first-order valence-corrected chi connectivity index (χ1v) is 18.4. The first-order chi connectivity index (χ1) is 25.6. The van der Waals surface area contributed by atoms with Crippen LogP contribution in [0, 0.1) is 17.6 Å². The van der Waals surface area contributed by atoms with Crippen LogP contribution in [0.2, 0.25) is 0 Å². The molecule has 2 fully saturated rings. The van der Waals surface area contributed by atoms with Crippen molar-refractivity contribution in [2.75, 3.05) is 13.1 Å². The average molecular weight is 721 g/mol. The highest BCUT2D eigenvalue weighted by atomic mass is 19.1. The molecule has 1 saturated carbocycles. The zero-order valence-electron chi connectivity index (χ0n) is 29.8. The molecule has 6 aromatic rings. The number of benzene rings is 2. The number of phenols is 1. The molecular weight excluding hydrogens is 678 g/mol. The van der Waals surface area contributed by atoms with Crippen molar-refractivity contribution < 1.29 is 18.6 Å². The predicted octanol–water partition coefficient (Wildman–Crippen LogP) is 6.82. The molecule has 0 unspecified atom stereocenters. The summed E-state index contributed by atoms with van der Waals surface area (Å²) in [5, 5.41) is 10.5. The third-order valence-electron chi connectivity index (χ3n) is 10.7. The second kappa shape index (κ2) is 14.3. The van der Waals surface area contributed by atoms with Gasteiger partial charge in [0.1, 0.15) is 23.0 Å². The molecule has 1 aliphatic carbocycles. The van der Waals surface area contributed by atoms with Crippen molar-refractivity contribution in [3.05, 3.63) is 123 Å². The van der Waals surface area contributed by atoms with E-state index in [2.05, 4.69) is 28.7 Å². The number of imidazole rings is 1. The van der Waals surface area contributed by atoms with E-state index in [0.717, 1.165) is 73.4 Å². The maximum atomic E-state index is 14.6. The van der Waals surface area contributed by atoms with E-state index in [0.29, 0.717) is 36.6 Å². The minimum Gasteiger partial charge on any atom is -0.508 e. The monoisotopic (exact) mass is 720 g/mol. The number of aryl methyl sites for hydroxylation is 1. The van der Waals surface area contributed by atoms with Crippen LogP contribution in [0.5, 0.6) is 5.75 Å². The van der Waals surface area contributed by atoms with Crippen LogP contribution >= 0.6 is 0 Å². The van der Waals surface area contributed by atoms with Crippen molar-refractivity contribution in [2.45, 2.75) is 77.2 Å². The summed E-state index contributed by atoms with van der Waals surface area (Å²) in [6.07, 6.45) is 8.99. The molecule has 2 aromatic carbocycles. The summed E-state index contributed by atoms with van der Waals surface area (Å²) in [5.74, 6) is -0.426. The Bertz CT molecular complexity index is 2420. The van der Waals surface area contributed by atoms with Crippen molar-refractivity contribution in [3.8, 4) is 22.6 Å². The van der Waals surface area contributed by atoms with Gasteiger partial charge in [0.15, 0.2) is 5.65 Å². The number of phenolic OH excluding ortho intramolecular Hbond substituents is 1. The first-order valence-electron chi connectivity index (χ1n) is 18.4. The zero-order valence-corrected chi connectivity index (χ0v) is 29.8. The van der Waals surface area contributed by atoms with Gasteiger partial charge in [-0.1, -0.05) is 18.2 Å². The second-order valence-electron chi connectivity index (χ2n) is 14.7. The Morgan fingerprint density at radius 3 is 2.49 bits per heavy atom. The SMILES string of the molecule is C[C@@H]1CN(Cc2cc(O)ccc2-c2cccc(-n3c(=O)n(C4CCC(CCc5cn6cc(F)ccc6n5)CC4)c(=O)c4cc(F)cnc43)c2)C[C@H](C)O1. The quantitative estimate of drug-likeness (QED) is 0.184. The van der Waals surface area contributed by atoms with E-state index in [4.69, 9.17) is 4.74 Å². The molecule has 0 radical (unpaired) electrons. The van der Waals surface area contributed by atoms with Crippen molar-refractivity contribution in [2.24, 2.45) is 5.92 Å². The number of rotatable bonds is 8. The van der Waals surface area contributed by atoms with Gasteiger partial charge in [-0.15, -0.1) is 0 Å². The van der Waals surface area contributed by atoms with E-state index < -0.39 is 17.1 Å². The smallest absolute Gasteiger partial charge is 0.337 e. The molecular formula is C41H42F2N6O4. The minimum atomic E-state index is -0.654. The van der Waals surface area contributed by atoms with Gasteiger partial charge in [-0.25, -0.2) is 28.1 Å². The lowest BCUT2D eigenvalue weighted by Crippen LogP contribution is -2.44. The molecule has 274 valence electrons. The highest BCUT2D eigenvalue weighted by molar-refractivity contribution is 5.77. The number of halogens is 2. The van der Waals surface area contributed by atoms with E-state index in [1.807, 2.05) is 30.5 Å². The molecule has 0 amide bonds. The lowest BCUT2D eigenvalue weighted by atomic mass is 9.83. The summed E-state index contributed by atoms with van der Waals surface area (Å²) >= 11 is 0. The van der Waals surface area contributed by atoms with Gasteiger partial charge in [0, 0.05) is 38.1 Å². The number of pyridine rings is 2. The Kier molecular flexibility index (Phi) is 9.42. The number of aromatic nitrogens is 5. The van der Waals surface area contributed by atoms with E-state index in [1.54, 1.807) is 28.7 Å². The molecule has 2 aliphatic rings. The fraction of sp³-hybridized carbons (Fsp3) is 0.366. The van der Waals surface area contributed by atoms with Crippen molar-refractivity contribution in [3.63, 3.8) is 0 Å². The zero-order chi connectivity index (χ0) is 36.8. The topological polar surface area (TPSA) is 107 Å². The largest absolute Gasteiger partial charge is 0.508 e. The van der Waals surface area contributed by atoms with E-state index in [1.165, 1.54) is 21.4 Å². The van der Waals surface area contributed by atoms with Crippen LogP contribution in [0.25, 0.3) is 33.5 Å². The molecule has 8 rings (SSSR count). The van der Waals surface area contributed by atoms with E-state index in [9.17, 15) is 23.5 Å². The van der Waals surface area contributed by atoms with Crippen LogP contribution in [-0.2, 0) is 17.7 Å². The van der Waals surface area contributed by atoms with Gasteiger partial charge in [0.25, 0.3) is 5.56 Å². The van der Waals surface area contributed by atoms with E-state index in [-0.39, 0.29) is 40.8 Å². The van der Waals surface area contributed by atoms with Crippen LogP contribution in [-0.4, -0.2) is 58.8 Å². The minimum absolute atomic E-state index is 0.0429. The Morgan fingerprint density at radius 1 is 0.906 bits per heavy atom. The number of hydrogen-bond acceptors (Lipinski definition) is 7. The number of fused-ring (bicyclic) bond motifs is 2. The van der Waals surface area contributed by atoms with Gasteiger partial charge in [-0.2, -0.15) is 0 Å². The van der Waals surface area contributed by atoms with E-state index >= 15 is 0 Å². The summed E-state index contributed by atoms with van der Waals surface area (Å²) in [5.41, 5.74) is 3.79. The molecule has 0 bridgehead atoms. The van der Waals surface area contributed by atoms with Crippen LogP contribution in [0.4, 0.5) is 8.78 Å². The lowest BCUT2D eigenvalue weighted by Gasteiger charge is -2.35. The predicted molar refractivity (Wildman–Crippen MR) is 198 cm³/mol. The van der Waals surface area contributed by atoms with Gasteiger partial charge in [0.2, 0.25) is 0 Å². The van der Waals surface area contributed by atoms with Crippen LogP contribution in [0.3, 0.4) is 0 Å². The molecule has 12 heteroatoms. The van der Waals surface area contributed by atoms with Crippen molar-refractivity contribution in [1.29, 1.82) is 0 Å². The summed E-state index contributed by atoms with van der Waals surface area (Å²) in [6.45, 7) is 6.23. The van der Waals surface area contributed by atoms with Crippen molar-refractivity contribution in [1.82, 2.24) is 28.4 Å². The number of aromatic hydroxyl groups is 1. The Morgan fingerprint density at radius 2 is 1.70 bits per heavy atom. The van der Waals surface area contributed by atoms with Gasteiger partial charge >= 0.3 is 5.69 Å². The molecule has 4 aromatic heterocycles. The second-order valence-corrected chi connectivity index (χ2v) is 14.7. The molecule has 1 saturated heterocycles. The number of hydrogen-bond donors (Lipinski definition) is 1. The third kappa shape index (κ3) is 7.13. The Balaban J connectivity index is 1.09. The first kappa shape index (κ1) is 34.9. The molecule has 1 aliphatic heterocycles. The Labute approximate surface area is 304 Å². The van der Waals surface area contributed by atoms with Gasteiger partial charge in [-0.05, 0) is 117 Å². The Hall–Kier alpha value is -5.20. The number of ether oxygens (including phenoxy) is 1. The summed E-state index contributed by atoms with van der Waals surface area (Å²) in [7, 11) is 0. The van der Waals surface area contributed by atoms with Gasteiger partial charge in [0.05, 0.1) is 35.2 Å². The average Bonchev–Trinajstić information content (AvgIpc) is 3.53. The standard InChI is InChI=1S/C41H42F2N6O4/c1-25-20-46(21-26(2)53-25)22-29-17-35(50)13-14-36(29)28-4-3-5-34(16-28)48-39-37(18-31(43)19-44-39)40(51)49(41(48)52)33-11-7-27(8-12-33)6-10-32-24-47-23-30(42)9-15-38(47)45-32/h3-5,9,13-19,23-27,33,50H,6-8,10-12,20-22H2,1-2H3/t25-,26+,27?,33?. The molecule has 10 nitrogen and oxygen atoms in total. The third-order valence-corrected chi connectivity index (χ3v) is 10.7. The molecule has 0 spiro atoms. The van der Waals surface area contributed by atoms with Crippen LogP contribution in [0.15, 0.2) is 88.8 Å². The normalized spacial score (nSPS) is 21.1. The molecule has 1 N–H and O–H groups in total.